The lowest BCUT2D eigenvalue weighted by Crippen LogP contribution is -2.42. The summed E-state index contributed by atoms with van der Waals surface area (Å²) in [5, 5.41) is 11.7. The Morgan fingerprint density at radius 3 is 2.85 bits per heavy atom. The normalized spacial score (nSPS) is 11.8. The van der Waals surface area contributed by atoms with Crippen molar-refractivity contribution in [2.24, 2.45) is 0 Å². The number of hydrogen-bond acceptors (Lipinski definition) is 3. The maximum Gasteiger partial charge on any atom is 0.326 e. The lowest BCUT2D eigenvalue weighted by molar-refractivity contribution is -0.139. The van der Waals surface area contributed by atoms with E-state index >= 15 is 0 Å². The molecule has 0 unspecified atom stereocenters. The zero-order valence-electron chi connectivity index (χ0n) is 11.0. The van der Waals surface area contributed by atoms with Gasteiger partial charge in [0.15, 0.2) is 0 Å². The fourth-order valence-electron chi connectivity index (χ4n) is 1.84. The second kappa shape index (κ2) is 6.01. The molecule has 1 amide bonds. The van der Waals surface area contributed by atoms with E-state index in [1.807, 2.05) is 13.0 Å². The average Bonchev–Trinajstić information content (AvgIpc) is 2.90. The van der Waals surface area contributed by atoms with Gasteiger partial charge in [0.2, 0.25) is 0 Å². The first-order valence-corrected chi connectivity index (χ1v) is 6.14. The van der Waals surface area contributed by atoms with Crippen molar-refractivity contribution in [2.45, 2.75) is 19.4 Å². The van der Waals surface area contributed by atoms with Crippen molar-refractivity contribution in [1.29, 1.82) is 0 Å². The highest BCUT2D eigenvalue weighted by atomic mass is 16.4. The molecule has 0 bridgehead atoms. The molecule has 0 saturated carbocycles. The summed E-state index contributed by atoms with van der Waals surface area (Å²) < 4.78 is 0. The van der Waals surface area contributed by atoms with Crippen LogP contribution in [0.25, 0.3) is 0 Å². The number of carboxylic acid groups (broad SMARTS) is 1. The number of aromatic amines is 1. The number of benzene rings is 1. The molecule has 2 aromatic rings. The predicted octanol–water partition coefficient (Wildman–Crippen LogP) is 1.14. The third-order valence-corrected chi connectivity index (χ3v) is 2.86. The summed E-state index contributed by atoms with van der Waals surface area (Å²) in [6, 6.07) is 6.00. The maximum absolute atomic E-state index is 12.0. The molecule has 0 saturated heterocycles. The van der Waals surface area contributed by atoms with Crippen molar-refractivity contribution in [3.8, 4) is 0 Å². The molecule has 0 aliphatic carbocycles. The maximum atomic E-state index is 12.0. The lowest BCUT2D eigenvalue weighted by Gasteiger charge is -2.13. The van der Waals surface area contributed by atoms with Crippen LogP contribution in [0.4, 0.5) is 0 Å². The summed E-state index contributed by atoms with van der Waals surface area (Å²) in [5.41, 5.74) is 2.04. The minimum Gasteiger partial charge on any atom is -0.480 e. The van der Waals surface area contributed by atoms with Crippen molar-refractivity contribution in [3.63, 3.8) is 0 Å². The highest BCUT2D eigenvalue weighted by Crippen LogP contribution is 2.05. The molecule has 0 fully saturated rings. The van der Waals surface area contributed by atoms with E-state index in [0.29, 0.717) is 11.3 Å². The number of nitrogens with one attached hydrogen (secondary N) is 2. The minimum atomic E-state index is -1.08. The highest BCUT2D eigenvalue weighted by Gasteiger charge is 2.21. The Morgan fingerprint density at radius 1 is 1.45 bits per heavy atom. The van der Waals surface area contributed by atoms with E-state index in [0.717, 1.165) is 5.56 Å². The smallest absolute Gasteiger partial charge is 0.326 e. The van der Waals surface area contributed by atoms with Crippen LogP contribution in [0.1, 0.15) is 21.6 Å². The van der Waals surface area contributed by atoms with Gasteiger partial charge in [-0.3, -0.25) is 4.79 Å². The molecule has 0 aliphatic rings. The van der Waals surface area contributed by atoms with E-state index in [1.165, 1.54) is 12.5 Å². The molecule has 1 heterocycles. The summed E-state index contributed by atoms with van der Waals surface area (Å²) >= 11 is 0. The number of aryl methyl sites for hydroxylation is 1. The number of H-pyrrole nitrogens is 1. The first kappa shape index (κ1) is 13.8. The largest absolute Gasteiger partial charge is 0.480 e. The van der Waals surface area contributed by atoms with Gasteiger partial charge in [0.1, 0.15) is 6.04 Å². The standard InChI is InChI=1S/C14H15N3O3/c1-9-3-2-4-10(5-9)13(18)17-12(14(19)20)6-11-7-15-8-16-11/h2-5,7-8,12H,6H2,1H3,(H,15,16)(H,17,18)(H,19,20)/t12-/m1/s1. The van der Waals surface area contributed by atoms with E-state index in [4.69, 9.17) is 0 Å². The Kier molecular flexibility index (Phi) is 4.14. The summed E-state index contributed by atoms with van der Waals surface area (Å²) in [7, 11) is 0. The Morgan fingerprint density at radius 2 is 2.25 bits per heavy atom. The van der Waals surface area contributed by atoms with Crippen LogP contribution in [0.3, 0.4) is 0 Å². The zero-order chi connectivity index (χ0) is 14.5. The molecule has 2 rings (SSSR count). The Hall–Kier alpha value is -2.63. The fourth-order valence-corrected chi connectivity index (χ4v) is 1.84. The third kappa shape index (κ3) is 3.44. The predicted molar refractivity (Wildman–Crippen MR) is 72.4 cm³/mol. The highest BCUT2D eigenvalue weighted by molar-refractivity contribution is 5.96. The summed E-state index contributed by atoms with van der Waals surface area (Å²) in [6.45, 7) is 1.87. The number of hydrogen-bond donors (Lipinski definition) is 3. The second-order valence-electron chi connectivity index (χ2n) is 4.51. The zero-order valence-corrected chi connectivity index (χ0v) is 11.0. The first-order chi connectivity index (χ1) is 9.56. The van der Waals surface area contributed by atoms with Crippen molar-refractivity contribution in [1.82, 2.24) is 15.3 Å². The quantitative estimate of drug-likeness (QED) is 0.761. The van der Waals surface area contributed by atoms with Crippen LogP contribution >= 0.6 is 0 Å². The van der Waals surface area contributed by atoms with Crippen LogP contribution in [-0.2, 0) is 11.2 Å². The minimum absolute atomic E-state index is 0.160. The van der Waals surface area contributed by atoms with Crippen molar-refractivity contribution in [2.75, 3.05) is 0 Å². The van der Waals surface area contributed by atoms with E-state index < -0.39 is 17.9 Å². The molecule has 0 aliphatic heterocycles. The Bertz CT molecular complexity index is 608. The molecule has 3 N–H and O–H groups in total. The van der Waals surface area contributed by atoms with Crippen molar-refractivity contribution in [3.05, 3.63) is 53.6 Å². The molecule has 1 aromatic heterocycles. The number of carbonyl (C=O) groups is 2. The second-order valence-corrected chi connectivity index (χ2v) is 4.51. The molecule has 20 heavy (non-hydrogen) atoms. The third-order valence-electron chi connectivity index (χ3n) is 2.86. The monoisotopic (exact) mass is 273 g/mol. The van der Waals surface area contributed by atoms with Gasteiger partial charge in [0, 0.05) is 23.9 Å². The molecule has 6 heteroatoms. The fraction of sp³-hybridized carbons (Fsp3) is 0.214. The number of carboxylic acids is 1. The van der Waals surface area contributed by atoms with Crippen LogP contribution in [-0.4, -0.2) is 33.0 Å². The van der Waals surface area contributed by atoms with Gasteiger partial charge < -0.3 is 15.4 Å². The van der Waals surface area contributed by atoms with Crippen molar-refractivity contribution >= 4 is 11.9 Å². The SMILES string of the molecule is Cc1cccc(C(=O)N[C@H](Cc2cnc[nH]2)C(=O)O)c1. The van der Waals surface area contributed by atoms with Gasteiger partial charge in [-0.1, -0.05) is 17.7 Å². The van der Waals surface area contributed by atoms with E-state index in [2.05, 4.69) is 15.3 Å². The van der Waals surface area contributed by atoms with Crippen LogP contribution in [0.5, 0.6) is 0 Å². The molecule has 104 valence electrons. The lowest BCUT2D eigenvalue weighted by atomic mass is 10.1. The summed E-state index contributed by atoms with van der Waals surface area (Å²) in [5.74, 6) is -1.48. The number of aromatic nitrogens is 2. The topological polar surface area (TPSA) is 95.1 Å². The van der Waals surface area contributed by atoms with E-state index in [9.17, 15) is 14.7 Å². The summed E-state index contributed by atoms with van der Waals surface area (Å²) in [4.78, 5) is 29.9. The number of nitrogens with zero attached hydrogens (tertiary/aromatic N) is 1. The van der Waals surface area contributed by atoms with E-state index in [-0.39, 0.29) is 6.42 Å². The van der Waals surface area contributed by atoms with Gasteiger partial charge in [-0.25, -0.2) is 9.78 Å². The van der Waals surface area contributed by atoms with Gasteiger partial charge in [-0.2, -0.15) is 0 Å². The number of amides is 1. The van der Waals surface area contributed by atoms with Gasteiger partial charge in [0.05, 0.1) is 6.33 Å². The van der Waals surface area contributed by atoms with Gasteiger partial charge in [-0.05, 0) is 19.1 Å². The first-order valence-electron chi connectivity index (χ1n) is 6.14. The molecule has 0 radical (unpaired) electrons. The number of imidazole rings is 1. The van der Waals surface area contributed by atoms with Gasteiger partial charge >= 0.3 is 5.97 Å². The van der Waals surface area contributed by atoms with E-state index in [1.54, 1.807) is 18.2 Å². The molecular formula is C14H15N3O3. The number of aliphatic carboxylic acids is 1. The van der Waals surface area contributed by atoms with Gasteiger partial charge in [0.25, 0.3) is 5.91 Å². The molecule has 6 nitrogen and oxygen atoms in total. The molecule has 1 atom stereocenters. The van der Waals surface area contributed by atoms with Gasteiger partial charge in [-0.15, -0.1) is 0 Å². The molecule has 1 aromatic carbocycles. The van der Waals surface area contributed by atoms with Crippen LogP contribution in [0.15, 0.2) is 36.8 Å². The van der Waals surface area contributed by atoms with Crippen LogP contribution < -0.4 is 5.32 Å². The summed E-state index contributed by atoms with van der Waals surface area (Å²) in [6.07, 6.45) is 3.16. The van der Waals surface area contributed by atoms with Crippen LogP contribution in [0, 0.1) is 6.92 Å². The van der Waals surface area contributed by atoms with Crippen molar-refractivity contribution < 1.29 is 14.7 Å². The number of rotatable bonds is 5. The molecular weight excluding hydrogens is 258 g/mol. The Balaban J connectivity index is 2.08. The Labute approximate surface area is 115 Å². The average molecular weight is 273 g/mol. The number of carbonyl (C=O) groups excluding carboxylic acids is 1. The van der Waals surface area contributed by atoms with Crippen LogP contribution in [0.2, 0.25) is 0 Å². The molecule has 0 spiro atoms.